The van der Waals surface area contributed by atoms with Gasteiger partial charge in [0.1, 0.15) is 11.5 Å². The van der Waals surface area contributed by atoms with Crippen molar-refractivity contribution >= 4 is 17.5 Å². The Hall–Kier alpha value is -2.01. The van der Waals surface area contributed by atoms with Crippen LogP contribution in [0.4, 0.5) is 5.95 Å². The highest BCUT2D eigenvalue weighted by molar-refractivity contribution is 6.32. The second kappa shape index (κ2) is 7.91. The van der Waals surface area contributed by atoms with E-state index < -0.39 is 0 Å². The normalized spacial score (nSPS) is 15.2. The standard InChI is InChI=1S/C19H24ClN3O2/c1-24-16-10-15(20)17(25-2)9-14(16)18-13(11-22-19(21)23-18)8-12-6-4-3-5-7-12/h9-12H,3-8H2,1-2H3,(H2,21,22,23). The lowest BCUT2D eigenvalue weighted by molar-refractivity contribution is 0.356. The van der Waals surface area contributed by atoms with Crippen molar-refractivity contribution in [2.45, 2.75) is 38.5 Å². The zero-order chi connectivity index (χ0) is 17.8. The first kappa shape index (κ1) is 17.8. The summed E-state index contributed by atoms with van der Waals surface area (Å²) in [7, 11) is 3.21. The third-order valence-electron chi connectivity index (χ3n) is 4.85. The van der Waals surface area contributed by atoms with Gasteiger partial charge in [-0.15, -0.1) is 0 Å². The molecule has 1 aromatic heterocycles. The van der Waals surface area contributed by atoms with E-state index in [1.54, 1.807) is 20.3 Å². The molecule has 0 aliphatic heterocycles. The quantitative estimate of drug-likeness (QED) is 0.847. The Bertz CT molecular complexity index is 746. The van der Waals surface area contributed by atoms with Gasteiger partial charge >= 0.3 is 0 Å². The molecule has 0 spiro atoms. The van der Waals surface area contributed by atoms with Gasteiger partial charge < -0.3 is 15.2 Å². The van der Waals surface area contributed by atoms with Gasteiger partial charge in [0, 0.05) is 17.8 Å². The summed E-state index contributed by atoms with van der Waals surface area (Å²) in [5.41, 5.74) is 8.58. The van der Waals surface area contributed by atoms with Crippen molar-refractivity contribution in [2.75, 3.05) is 20.0 Å². The fourth-order valence-electron chi connectivity index (χ4n) is 3.55. The number of methoxy groups -OCH3 is 2. The molecule has 25 heavy (non-hydrogen) atoms. The first-order valence-electron chi connectivity index (χ1n) is 8.65. The Kier molecular flexibility index (Phi) is 5.63. The summed E-state index contributed by atoms with van der Waals surface area (Å²) < 4.78 is 10.9. The fourth-order valence-corrected chi connectivity index (χ4v) is 3.78. The van der Waals surface area contributed by atoms with Gasteiger partial charge in [-0.05, 0) is 24.0 Å². The van der Waals surface area contributed by atoms with Crippen molar-refractivity contribution in [3.63, 3.8) is 0 Å². The molecule has 5 nitrogen and oxygen atoms in total. The molecule has 0 amide bonds. The summed E-state index contributed by atoms with van der Waals surface area (Å²) in [5, 5.41) is 0.499. The molecule has 0 saturated heterocycles. The number of rotatable bonds is 5. The summed E-state index contributed by atoms with van der Waals surface area (Å²) in [6, 6.07) is 3.60. The first-order valence-corrected chi connectivity index (χ1v) is 9.03. The van der Waals surface area contributed by atoms with Crippen molar-refractivity contribution in [1.29, 1.82) is 0 Å². The van der Waals surface area contributed by atoms with Crippen LogP contribution in [0.5, 0.6) is 11.5 Å². The number of ether oxygens (including phenoxy) is 2. The zero-order valence-electron chi connectivity index (χ0n) is 14.7. The highest BCUT2D eigenvalue weighted by Crippen LogP contribution is 2.40. The number of nitrogen functional groups attached to an aromatic ring is 1. The average Bonchev–Trinajstić information content (AvgIpc) is 2.64. The SMILES string of the molecule is COc1cc(-c2nc(N)ncc2CC2CCCCC2)c(OC)cc1Cl. The Morgan fingerprint density at radius 1 is 1.12 bits per heavy atom. The van der Waals surface area contributed by atoms with Gasteiger partial charge in [0.2, 0.25) is 5.95 Å². The van der Waals surface area contributed by atoms with Gasteiger partial charge in [0.15, 0.2) is 0 Å². The van der Waals surface area contributed by atoms with E-state index in [1.807, 2.05) is 12.3 Å². The van der Waals surface area contributed by atoms with Crippen LogP contribution in [0, 0.1) is 5.92 Å². The molecule has 1 fully saturated rings. The molecule has 0 radical (unpaired) electrons. The van der Waals surface area contributed by atoms with Crippen molar-refractivity contribution in [3.05, 3.63) is 28.9 Å². The highest BCUT2D eigenvalue weighted by Gasteiger charge is 2.20. The Balaban J connectivity index is 2.05. The average molecular weight is 362 g/mol. The topological polar surface area (TPSA) is 70.3 Å². The van der Waals surface area contributed by atoms with Crippen LogP contribution in [0.2, 0.25) is 5.02 Å². The third kappa shape index (κ3) is 3.98. The van der Waals surface area contributed by atoms with E-state index in [0.717, 1.165) is 23.2 Å². The molecule has 3 rings (SSSR count). The third-order valence-corrected chi connectivity index (χ3v) is 5.14. The Labute approximate surface area is 153 Å². The molecule has 2 N–H and O–H groups in total. The lowest BCUT2D eigenvalue weighted by atomic mass is 9.84. The summed E-state index contributed by atoms with van der Waals surface area (Å²) in [6.45, 7) is 0. The van der Waals surface area contributed by atoms with Crippen LogP contribution >= 0.6 is 11.6 Å². The minimum atomic E-state index is 0.248. The van der Waals surface area contributed by atoms with Crippen LogP contribution in [0.1, 0.15) is 37.7 Å². The van der Waals surface area contributed by atoms with Crippen LogP contribution in [0.25, 0.3) is 11.3 Å². The number of benzene rings is 1. The van der Waals surface area contributed by atoms with Crippen molar-refractivity contribution in [3.8, 4) is 22.8 Å². The fraction of sp³-hybridized carbons (Fsp3) is 0.474. The number of nitrogens with zero attached hydrogens (tertiary/aromatic N) is 2. The van der Waals surface area contributed by atoms with Gasteiger partial charge in [-0.2, -0.15) is 0 Å². The van der Waals surface area contributed by atoms with Crippen LogP contribution in [0.15, 0.2) is 18.3 Å². The van der Waals surface area contributed by atoms with E-state index in [4.69, 9.17) is 26.8 Å². The van der Waals surface area contributed by atoms with Gasteiger partial charge in [-0.1, -0.05) is 43.7 Å². The van der Waals surface area contributed by atoms with E-state index in [1.165, 1.54) is 32.1 Å². The predicted molar refractivity (Wildman–Crippen MR) is 100 cm³/mol. The summed E-state index contributed by atoms with van der Waals surface area (Å²) >= 11 is 6.23. The van der Waals surface area contributed by atoms with Crippen LogP contribution < -0.4 is 15.2 Å². The molecule has 1 aliphatic rings. The van der Waals surface area contributed by atoms with Crippen LogP contribution in [-0.2, 0) is 6.42 Å². The number of hydrogen-bond acceptors (Lipinski definition) is 5. The van der Waals surface area contributed by atoms with Gasteiger partial charge in [-0.25, -0.2) is 9.97 Å². The lowest BCUT2D eigenvalue weighted by Crippen LogP contribution is -2.11. The number of hydrogen-bond donors (Lipinski definition) is 1. The van der Waals surface area contributed by atoms with Gasteiger partial charge in [0.25, 0.3) is 0 Å². The van der Waals surface area contributed by atoms with Crippen LogP contribution in [-0.4, -0.2) is 24.2 Å². The Morgan fingerprint density at radius 2 is 1.84 bits per heavy atom. The minimum absolute atomic E-state index is 0.248. The minimum Gasteiger partial charge on any atom is -0.496 e. The maximum absolute atomic E-state index is 6.23. The molecule has 2 aromatic rings. The molecule has 1 heterocycles. The van der Waals surface area contributed by atoms with E-state index in [2.05, 4.69) is 9.97 Å². The first-order chi connectivity index (χ1) is 12.1. The van der Waals surface area contributed by atoms with Crippen molar-refractivity contribution in [1.82, 2.24) is 9.97 Å². The molecule has 0 bridgehead atoms. The maximum Gasteiger partial charge on any atom is 0.220 e. The van der Waals surface area contributed by atoms with Crippen molar-refractivity contribution < 1.29 is 9.47 Å². The summed E-state index contributed by atoms with van der Waals surface area (Å²) in [4.78, 5) is 8.73. The summed E-state index contributed by atoms with van der Waals surface area (Å²) in [5.74, 6) is 2.14. The largest absolute Gasteiger partial charge is 0.496 e. The molecular weight excluding hydrogens is 338 g/mol. The number of aromatic nitrogens is 2. The van der Waals surface area contributed by atoms with Gasteiger partial charge in [-0.3, -0.25) is 0 Å². The smallest absolute Gasteiger partial charge is 0.220 e. The Morgan fingerprint density at radius 3 is 2.52 bits per heavy atom. The maximum atomic E-state index is 6.23. The second-order valence-electron chi connectivity index (χ2n) is 6.50. The molecule has 6 heteroatoms. The predicted octanol–water partition coefficient (Wildman–Crippen LogP) is 4.52. The molecular formula is C19H24ClN3O2. The second-order valence-corrected chi connectivity index (χ2v) is 6.90. The van der Waals surface area contributed by atoms with E-state index >= 15 is 0 Å². The molecule has 134 valence electrons. The molecule has 1 aromatic carbocycles. The summed E-state index contributed by atoms with van der Waals surface area (Å²) in [6.07, 6.45) is 9.23. The molecule has 1 aliphatic carbocycles. The van der Waals surface area contributed by atoms with Crippen molar-refractivity contribution in [2.24, 2.45) is 5.92 Å². The monoisotopic (exact) mass is 361 g/mol. The highest BCUT2D eigenvalue weighted by atomic mass is 35.5. The molecule has 0 atom stereocenters. The zero-order valence-corrected chi connectivity index (χ0v) is 15.5. The van der Waals surface area contributed by atoms with E-state index in [9.17, 15) is 0 Å². The van der Waals surface area contributed by atoms with Crippen LogP contribution in [0.3, 0.4) is 0 Å². The molecule has 0 unspecified atom stereocenters. The van der Waals surface area contributed by atoms with E-state index in [-0.39, 0.29) is 5.95 Å². The van der Waals surface area contributed by atoms with Gasteiger partial charge in [0.05, 0.1) is 24.9 Å². The number of halogens is 1. The number of nitrogens with two attached hydrogens (primary N) is 1. The number of anilines is 1. The van der Waals surface area contributed by atoms with E-state index in [0.29, 0.717) is 22.4 Å². The molecule has 1 saturated carbocycles. The lowest BCUT2D eigenvalue weighted by Gasteiger charge is -2.22.